The average molecular weight is 430 g/mol. The summed E-state index contributed by atoms with van der Waals surface area (Å²) in [5, 5.41) is 0. The summed E-state index contributed by atoms with van der Waals surface area (Å²) < 4.78 is 38.0. The molecule has 1 aliphatic rings. The average Bonchev–Trinajstić information content (AvgIpc) is 2.77. The first-order valence-corrected chi connectivity index (χ1v) is 9.38. The van der Waals surface area contributed by atoms with Gasteiger partial charge in [-0.05, 0) is 30.2 Å². The van der Waals surface area contributed by atoms with E-state index in [0.717, 1.165) is 29.7 Å². The van der Waals surface area contributed by atoms with Crippen LogP contribution in [0.5, 0.6) is 0 Å². The zero-order valence-corrected chi connectivity index (χ0v) is 16.8. The second-order valence-corrected chi connectivity index (χ2v) is 6.89. The number of amides is 2. The summed E-state index contributed by atoms with van der Waals surface area (Å²) >= 11 is 0. The maximum absolute atomic E-state index is 14.0. The van der Waals surface area contributed by atoms with Crippen LogP contribution in [0.3, 0.4) is 0 Å². The van der Waals surface area contributed by atoms with Gasteiger partial charge in [0.1, 0.15) is 5.92 Å². The summed E-state index contributed by atoms with van der Waals surface area (Å²) in [5.74, 6) is -4.15. The van der Waals surface area contributed by atoms with Gasteiger partial charge in [0.25, 0.3) is 0 Å². The van der Waals surface area contributed by atoms with Gasteiger partial charge in [0.15, 0.2) is 24.1 Å². The number of hydrogen-bond donors (Lipinski definition) is 0. The molecule has 0 bridgehead atoms. The number of aldehydes is 1. The van der Waals surface area contributed by atoms with E-state index in [1.165, 1.54) is 13.0 Å². The van der Waals surface area contributed by atoms with Crippen molar-refractivity contribution in [3.63, 3.8) is 0 Å². The van der Waals surface area contributed by atoms with Crippen molar-refractivity contribution in [2.75, 3.05) is 7.11 Å². The number of rotatable bonds is 7. The van der Waals surface area contributed by atoms with E-state index in [1.807, 2.05) is 6.07 Å². The molecule has 7 nitrogen and oxygen atoms in total. The Labute approximate surface area is 177 Å². The molecule has 2 aromatic carbocycles. The molecular weight excluding hydrogens is 410 g/mol. The van der Waals surface area contributed by atoms with E-state index in [0.29, 0.717) is 6.29 Å². The third kappa shape index (κ3) is 4.66. The molecule has 1 aliphatic heterocycles. The number of halogens is 2. The minimum atomic E-state index is -1.44. The smallest absolute Gasteiger partial charge is 0.346 e. The predicted molar refractivity (Wildman–Crippen MR) is 106 cm³/mol. The van der Waals surface area contributed by atoms with Gasteiger partial charge in [0.2, 0.25) is 0 Å². The van der Waals surface area contributed by atoms with Crippen LogP contribution in [0.15, 0.2) is 53.5 Å². The van der Waals surface area contributed by atoms with Crippen molar-refractivity contribution in [1.82, 2.24) is 4.90 Å². The van der Waals surface area contributed by atoms with Crippen molar-refractivity contribution < 1.29 is 32.6 Å². The zero-order chi connectivity index (χ0) is 22.5. The van der Waals surface area contributed by atoms with Gasteiger partial charge in [-0.2, -0.15) is 0 Å². The minimum absolute atomic E-state index is 0.00981. The fourth-order valence-electron chi connectivity index (χ4n) is 3.47. The van der Waals surface area contributed by atoms with Crippen molar-refractivity contribution in [3.8, 4) is 0 Å². The van der Waals surface area contributed by atoms with Crippen LogP contribution in [-0.4, -0.2) is 42.2 Å². The van der Waals surface area contributed by atoms with Crippen molar-refractivity contribution in [2.45, 2.75) is 25.8 Å². The van der Waals surface area contributed by atoms with Crippen LogP contribution in [0.25, 0.3) is 0 Å². The third-order valence-electron chi connectivity index (χ3n) is 4.95. The van der Waals surface area contributed by atoms with E-state index in [1.54, 1.807) is 24.3 Å². The van der Waals surface area contributed by atoms with Crippen molar-refractivity contribution in [2.24, 2.45) is 10.9 Å². The largest absolute Gasteiger partial charge is 0.468 e. The zero-order valence-electron chi connectivity index (χ0n) is 16.8. The van der Waals surface area contributed by atoms with Gasteiger partial charge in [0, 0.05) is 5.71 Å². The summed E-state index contributed by atoms with van der Waals surface area (Å²) in [7, 11) is 1.15. The number of carbonyl (C=O) groups excluding carboxylic acids is 3. The van der Waals surface area contributed by atoms with Crippen molar-refractivity contribution in [1.29, 1.82) is 0 Å². The van der Waals surface area contributed by atoms with Crippen LogP contribution in [0, 0.1) is 17.6 Å². The van der Waals surface area contributed by atoms with Gasteiger partial charge in [-0.25, -0.2) is 18.6 Å². The predicted octanol–water partition coefficient (Wildman–Crippen LogP) is 3.43. The lowest BCUT2D eigenvalue weighted by atomic mass is 9.86. The molecule has 9 heteroatoms. The fraction of sp³-hybridized carbons (Fsp3) is 0.273. The number of esters is 1. The number of nitrogens with zero attached hydrogens (tertiary/aromatic N) is 2. The molecule has 0 saturated carbocycles. The quantitative estimate of drug-likeness (QED) is 0.496. The highest BCUT2D eigenvalue weighted by Crippen LogP contribution is 2.37. The molecule has 2 aromatic rings. The Kier molecular flexibility index (Phi) is 6.86. The first-order chi connectivity index (χ1) is 14.9. The summed E-state index contributed by atoms with van der Waals surface area (Å²) in [6, 6.07) is 9.85. The Balaban J connectivity index is 2.04. The normalized spacial score (nSPS) is 19.5. The number of hydrogen-bond acceptors (Lipinski definition) is 5. The Morgan fingerprint density at radius 2 is 1.90 bits per heavy atom. The molecule has 3 unspecified atom stereocenters. The van der Waals surface area contributed by atoms with E-state index < -0.39 is 41.8 Å². The van der Waals surface area contributed by atoms with E-state index in [4.69, 9.17) is 9.47 Å². The molecule has 162 valence electrons. The standard InChI is InChI=1S/C22H20F2N2O5/c1-13-19(21(28)30-2)20(15-8-9-16(23)17(24)10-15)26(22(29)25-13)18(11-27)31-12-14-6-4-3-5-7-14/h3-11,18-20H,12H2,1-2H3. The van der Waals surface area contributed by atoms with Crippen LogP contribution in [0.1, 0.15) is 24.1 Å². The Morgan fingerprint density at radius 1 is 1.19 bits per heavy atom. The summed E-state index contributed by atoms with van der Waals surface area (Å²) in [5.41, 5.74) is 0.954. The number of methoxy groups -OCH3 is 1. The van der Waals surface area contributed by atoms with Crippen LogP contribution in [0.4, 0.5) is 13.6 Å². The molecule has 31 heavy (non-hydrogen) atoms. The number of benzene rings is 2. The minimum Gasteiger partial charge on any atom is -0.468 e. The molecule has 0 fully saturated rings. The van der Waals surface area contributed by atoms with E-state index in [-0.39, 0.29) is 17.9 Å². The first kappa shape index (κ1) is 22.2. The van der Waals surface area contributed by atoms with Gasteiger partial charge >= 0.3 is 12.0 Å². The molecule has 0 saturated heterocycles. The number of urea groups is 1. The lowest BCUT2D eigenvalue weighted by Gasteiger charge is -2.40. The van der Waals surface area contributed by atoms with Crippen LogP contribution in [-0.2, 0) is 25.7 Å². The van der Waals surface area contributed by atoms with Gasteiger partial charge < -0.3 is 9.47 Å². The molecule has 0 aliphatic carbocycles. The molecule has 0 radical (unpaired) electrons. The highest BCUT2D eigenvalue weighted by atomic mass is 19.2. The molecule has 1 heterocycles. The maximum atomic E-state index is 14.0. The summed E-state index contributed by atoms with van der Waals surface area (Å²) in [6.07, 6.45) is -1.05. The fourth-order valence-corrected chi connectivity index (χ4v) is 3.47. The van der Waals surface area contributed by atoms with Crippen LogP contribution < -0.4 is 0 Å². The molecule has 0 spiro atoms. The number of ether oxygens (including phenoxy) is 2. The van der Waals surface area contributed by atoms with Gasteiger partial charge in [-0.15, -0.1) is 0 Å². The van der Waals surface area contributed by atoms with Crippen LogP contribution >= 0.6 is 0 Å². The maximum Gasteiger partial charge on any atom is 0.346 e. The van der Waals surface area contributed by atoms with Crippen molar-refractivity contribution in [3.05, 3.63) is 71.3 Å². The second-order valence-electron chi connectivity index (χ2n) is 6.89. The molecule has 2 amide bonds. The topological polar surface area (TPSA) is 85.3 Å². The molecule has 0 N–H and O–H groups in total. The molecule has 0 aromatic heterocycles. The van der Waals surface area contributed by atoms with E-state index in [2.05, 4.69) is 4.99 Å². The monoisotopic (exact) mass is 430 g/mol. The lowest BCUT2D eigenvalue weighted by Crippen LogP contribution is -2.52. The highest BCUT2D eigenvalue weighted by Gasteiger charge is 2.46. The summed E-state index contributed by atoms with van der Waals surface area (Å²) in [6.45, 7) is 1.44. The van der Waals surface area contributed by atoms with Crippen molar-refractivity contribution >= 4 is 24.0 Å². The van der Waals surface area contributed by atoms with E-state index >= 15 is 0 Å². The van der Waals surface area contributed by atoms with E-state index in [9.17, 15) is 23.2 Å². The Morgan fingerprint density at radius 3 is 2.52 bits per heavy atom. The first-order valence-electron chi connectivity index (χ1n) is 9.38. The number of aliphatic imine (C=N–C) groups is 1. The van der Waals surface area contributed by atoms with Crippen LogP contribution in [0.2, 0.25) is 0 Å². The second kappa shape index (κ2) is 9.57. The Hall–Kier alpha value is -3.46. The Bertz CT molecular complexity index is 1010. The SMILES string of the molecule is COC(=O)C1C(C)=NC(=O)N(C(C=O)OCc2ccccc2)C1c1ccc(F)c(F)c1. The molecular formula is C22H20F2N2O5. The molecule has 3 rings (SSSR count). The van der Waals surface area contributed by atoms with Gasteiger partial charge in [-0.3, -0.25) is 14.5 Å². The lowest BCUT2D eigenvalue weighted by molar-refractivity contribution is -0.149. The highest BCUT2D eigenvalue weighted by molar-refractivity contribution is 6.08. The number of carbonyl (C=O) groups is 3. The third-order valence-corrected chi connectivity index (χ3v) is 4.95. The molecule has 3 atom stereocenters. The van der Waals surface area contributed by atoms with Gasteiger partial charge in [-0.1, -0.05) is 36.4 Å². The van der Waals surface area contributed by atoms with Gasteiger partial charge in [0.05, 0.1) is 19.8 Å². The summed E-state index contributed by atoms with van der Waals surface area (Å²) in [4.78, 5) is 42.0.